The van der Waals surface area contributed by atoms with Crippen molar-refractivity contribution in [1.29, 1.82) is 0 Å². The summed E-state index contributed by atoms with van der Waals surface area (Å²) in [4.78, 5) is 2.39. The van der Waals surface area contributed by atoms with Crippen molar-refractivity contribution < 1.29 is 0 Å². The zero-order chi connectivity index (χ0) is 36.3. The normalized spacial score (nSPS) is 11.6. The predicted molar refractivity (Wildman–Crippen MR) is 241 cm³/mol. The van der Waals surface area contributed by atoms with Gasteiger partial charge in [-0.05, 0) is 111 Å². The molecule has 9 aromatic carbocycles. The van der Waals surface area contributed by atoms with Gasteiger partial charge in [0.05, 0.1) is 0 Å². The molecule has 3 heteroatoms. The molecule has 0 unspecified atom stereocenters. The Morgan fingerprint density at radius 2 is 0.709 bits per heavy atom. The second kappa shape index (κ2) is 13.1. The van der Waals surface area contributed by atoms with Gasteiger partial charge in [-0.3, -0.25) is 0 Å². The van der Waals surface area contributed by atoms with Crippen molar-refractivity contribution in [2.75, 3.05) is 4.90 Å². The van der Waals surface area contributed by atoms with E-state index in [2.05, 4.69) is 205 Å². The van der Waals surface area contributed by atoms with Crippen LogP contribution in [0.2, 0.25) is 0 Å². The van der Waals surface area contributed by atoms with E-state index in [1.165, 1.54) is 84.5 Å². The van der Waals surface area contributed by atoms with Crippen molar-refractivity contribution in [2.24, 2.45) is 0 Å². The SMILES string of the molecule is c1cc(-c2ccc3ccccc3c2)cc(N(c2ccc(-c3ccc4c(c3)sc3ccccc34)cc2)c2cccc(-c3ccc4c(c3)sc3ccccc34)c2)c1. The lowest BCUT2D eigenvalue weighted by Crippen LogP contribution is -2.10. The molecule has 0 aliphatic carbocycles. The van der Waals surface area contributed by atoms with Crippen LogP contribution in [0.25, 0.3) is 84.5 Å². The van der Waals surface area contributed by atoms with E-state index < -0.39 is 0 Å². The van der Waals surface area contributed by atoms with E-state index in [1.54, 1.807) is 0 Å². The van der Waals surface area contributed by atoms with Gasteiger partial charge in [-0.2, -0.15) is 0 Å². The minimum atomic E-state index is 1.11. The smallest absolute Gasteiger partial charge is 0.0467 e. The van der Waals surface area contributed by atoms with Gasteiger partial charge in [-0.15, -0.1) is 22.7 Å². The molecule has 11 aromatic rings. The summed E-state index contributed by atoms with van der Waals surface area (Å²) in [5, 5.41) is 7.80. The van der Waals surface area contributed by atoms with E-state index in [0.717, 1.165) is 17.1 Å². The third kappa shape index (κ3) is 5.68. The maximum absolute atomic E-state index is 2.39. The van der Waals surface area contributed by atoms with Gasteiger partial charge in [-0.1, -0.05) is 133 Å². The average Bonchev–Trinajstić information content (AvgIpc) is 3.82. The fourth-order valence-electron chi connectivity index (χ4n) is 8.08. The first kappa shape index (κ1) is 32.0. The van der Waals surface area contributed by atoms with Crippen molar-refractivity contribution in [3.05, 3.63) is 200 Å². The van der Waals surface area contributed by atoms with Crippen LogP contribution < -0.4 is 4.90 Å². The Hall–Kier alpha value is -6.52. The fraction of sp³-hybridized carbons (Fsp3) is 0. The minimum Gasteiger partial charge on any atom is -0.310 e. The average molecular weight is 736 g/mol. The Kier molecular flexibility index (Phi) is 7.61. The molecule has 11 rings (SSSR count). The topological polar surface area (TPSA) is 3.24 Å². The molecule has 0 radical (unpaired) electrons. The fourth-order valence-corrected chi connectivity index (χ4v) is 10.4. The van der Waals surface area contributed by atoms with Gasteiger partial charge in [0.2, 0.25) is 0 Å². The van der Waals surface area contributed by atoms with Gasteiger partial charge >= 0.3 is 0 Å². The molecule has 0 amide bonds. The Morgan fingerprint density at radius 1 is 0.255 bits per heavy atom. The van der Waals surface area contributed by atoms with E-state index in [-0.39, 0.29) is 0 Å². The maximum Gasteiger partial charge on any atom is 0.0467 e. The highest BCUT2D eigenvalue weighted by molar-refractivity contribution is 7.26. The van der Waals surface area contributed by atoms with Crippen LogP contribution in [-0.4, -0.2) is 0 Å². The number of fused-ring (bicyclic) bond motifs is 7. The van der Waals surface area contributed by atoms with Crippen molar-refractivity contribution in [1.82, 2.24) is 0 Å². The highest BCUT2D eigenvalue weighted by Crippen LogP contribution is 2.42. The predicted octanol–water partition coefficient (Wildman–Crippen LogP) is 16.0. The lowest BCUT2D eigenvalue weighted by molar-refractivity contribution is 1.28. The quantitative estimate of drug-likeness (QED) is 0.164. The lowest BCUT2D eigenvalue weighted by atomic mass is 9.99. The summed E-state index contributed by atoms with van der Waals surface area (Å²) in [5.74, 6) is 0. The summed E-state index contributed by atoms with van der Waals surface area (Å²) in [7, 11) is 0. The minimum absolute atomic E-state index is 1.11. The van der Waals surface area contributed by atoms with E-state index in [9.17, 15) is 0 Å². The molecule has 2 aromatic heterocycles. The molecule has 258 valence electrons. The third-order valence-electron chi connectivity index (χ3n) is 10.8. The van der Waals surface area contributed by atoms with Crippen molar-refractivity contribution >= 4 is 90.9 Å². The van der Waals surface area contributed by atoms with E-state index in [0.29, 0.717) is 0 Å². The number of rotatable bonds is 6. The van der Waals surface area contributed by atoms with E-state index in [1.807, 2.05) is 22.7 Å². The van der Waals surface area contributed by atoms with Gasteiger partial charge in [-0.25, -0.2) is 0 Å². The standard InChI is InChI=1S/C52H33NS2/c1-2-10-36-29-39(20-19-34(36)9-1)37-11-7-13-43(30-37)53(42-25-21-35(22-26-42)40-23-27-47-45-15-3-5-17-49(45)54-51(47)32-40)44-14-8-12-38(31-44)41-24-28-48-46-16-4-6-18-50(46)55-52(48)33-41/h1-33H. The molecule has 0 bridgehead atoms. The summed E-state index contributed by atoms with van der Waals surface area (Å²) in [6, 6.07) is 73.5. The molecule has 1 nitrogen and oxygen atoms in total. The largest absolute Gasteiger partial charge is 0.310 e. The molecular formula is C52H33NS2. The second-order valence-corrected chi connectivity index (χ2v) is 16.3. The summed E-state index contributed by atoms with van der Waals surface area (Å²) >= 11 is 3.73. The first-order valence-electron chi connectivity index (χ1n) is 18.6. The monoisotopic (exact) mass is 735 g/mol. The van der Waals surface area contributed by atoms with Crippen LogP contribution in [0.3, 0.4) is 0 Å². The van der Waals surface area contributed by atoms with Crippen LogP contribution >= 0.6 is 22.7 Å². The number of thiophene rings is 2. The zero-order valence-corrected chi connectivity index (χ0v) is 31.4. The second-order valence-electron chi connectivity index (χ2n) is 14.2. The Bertz CT molecular complexity index is 3220. The van der Waals surface area contributed by atoms with Gasteiger partial charge in [0.25, 0.3) is 0 Å². The van der Waals surface area contributed by atoms with Crippen LogP contribution in [-0.2, 0) is 0 Å². The summed E-state index contributed by atoms with van der Waals surface area (Å²) in [6.07, 6.45) is 0. The molecule has 0 N–H and O–H groups in total. The van der Waals surface area contributed by atoms with E-state index in [4.69, 9.17) is 0 Å². The van der Waals surface area contributed by atoms with Crippen molar-refractivity contribution in [2.45, 2.75) is 0 Å². The summed E-state index contributed by atoms with van der Waals surface area (Å²) in [5.41, 5.74) is 10.6. The molecule has 0 aliphatic rings. The molecule has 0 fully saturated rings. The molecule has 55 heavy (non-hydrogen) atoms. The molecular weight excluding hydrogens is 703 g/mol. The zero-order valence-electron chi connectivity index (χ0n) is 29.8. The molecule has 0 spiro atoms. The first-order valence-corrected chi connectivity index (χ1v) is 20.3. The van der Waals surface area contributed by atoms with Crippen molar-refractivity contribution in [3.8, 4) is 33.4 Å². The highest BCUT2D eigenvalue weighted by Gasteiger charge is 2.16. The van der Waals surface area contributed by atoms with Gasteiger partial charge in [0, 0.05) is 57.4 Å². The molecule has 0 saturated carbocycles. The van der Waals surface area contributed by atoms with Gasteiger partial charge in [0.1, 0.15) is 0 Å². The number of nitrogens with zero attached hydrogens (tertiary/aromatic N) is 1. The summed E-state index contributed by atoms with van der Waals surface area (Å²) < 4.78 is 5.29. The molecule has 0 aliphatic heterocycles. The number of anilines is 3. The van der Waals surface area contributed by atoms with Gasteiger partial charge < -0.3 is 4.90 Å². The summed E-state index contributed by atoms with van der Waals surface area (Å²) in [6.45, 7) is 0. The van der Waals surface area contributed by atoms with E-state index >= 15 is 0 Å². The van der Waals surface area contributed by atoms with Crippen LogP contribution in [0, 0.1) is 0 Å². The van der Waals surface area contributed by atoms with Gasteiger partial charge in [0.15, 0.2) is 0 Å². The Balaban J connectivity index is 1.01. The number of hydrogen-bond acceptors (Lipinski definition) is 3. The lowest BCUT2D eigenvalue weighted by Gasteiger charge is -2.27. The Labute approximate surface area is 327 Å². The number of benzene rings is 9. The maximum atomic E-state index is 2.39. The van der Waals surface area contributed by atoms with Crippen LogP contribution in [0.5, 0.6) is 0 Å². The van der Waals surface area contributed by atoms with Crippen molar-refractivity contribution in [3.63, 3.8) is 0 Å². The molecule has 2 heterocycles. The number of hydrogen-bond donors (Lipinski definition) is 0. The third-order valence-corrected chi connectivity index (χ3v) is 13.1. The van der Waals surface area contributed by atoms with Crippen LogP contribution in [0.1, 0.15) is 0 Å². The molecule has 0 saturated heterocycles. The van der Waals surface area contributed by atoms with Crippen LogP contribution in [0.4, 0.5) is 17.1 Å². The molecule has 0 atom stereocenters. The Morgan fingerprint density at radius 3 is 1.33 bits per heavy atom. The first-order chi connectivity index (χ1) is 27.2. The van der Waals surface area contributed by atoms with Crippen LogP contribution in [0.15, 0.2) is 200 Å². The highest BCUT2D eigenvalue weighted by atomic mass is 32.1.